The van der Waals surface area contributed by atoms with Crippen LogP contribution in [0.4, 0.5) is 0 Å². The summed E-state index contributed by atoms with van der Waals surface area (Å²) in [6.07, 6.45) is 22.6. The third kappa shape index (κ3) is 15.6. The van der Waals surface area contributed by atoms with Crippen LogP contribution >= 0.6 is 0 Å². The van der Waals surface area contributed by atoms with Gasteiger partial charge in [0.25, 0.3) is 0 Å². The predicted octanol–water partition coefficient (Wildman–Crippen LogP) is 9.31. The van der Waals surface area contributed by atoms with Crippen molar-refractivity contribution in [3.63, 3.8) is 0 Å². The van der Waals surface area contributed by atoms with Crippen LogP contribution in [0.1, 0.15) is 163 Å². The van der Waals surface area contributed by atoms with E-state index in [0.29, 0.717) is 6.42 Å². The number of carbonyl (C=O) groups excluding carboxylic acids is 2. The van der Waals surface area contributed by atoms with Crippen molar-refractivity contribution in [2.45, 2.75) is 163 Å². The Morgan fingerprint density at radius 2 is 0.903 bits per heavy atom. The quantitative estimate of drug-likeness (QED) is 0.0960. The zero-order chi connectivity index (χ0) is 23.2. The van der Waals surface area contributed by atoms with Gasteiger partial charge in [-0.05, 0) is 25.7 Å². The minimum absolute atomic E-state index is 0.218. The van der Waals surface area contributed by atoms with Gasteiger partial charge in [-0.25, -0.2) is 0 Å². The molecule has 0 aliphatic heterocycles. The zero-order valence-corrected chi connectivity index (χ0v) is 21.6. The topological polar surface area (TPSA) is 43.4 Å². The second-order valence-corrected chi connectivity index (χ2v) is 9.64. The molecule has 3 nitrogen and oxygen atoms in total. The number of unbranched alkanes of at least 4 members (excludes halogenated alkanes) is 13. The van der Waals surface area contributed by atoms with Gasteiger partial charge in [-0.2, -0.15) is 0 Å². The van der Waals surface area contributed by atoms with Crippen molar-refractivity contribution in [1.82, 2.24) is 0 Å². The van der Waals surface area contributed by atoms with E-state index in [1.807, 2.05) is 0 Å². The Kier molecular flexibility index (Phi) is 20.4. The molecule has 0 aromatic carbocycles. The van der Waals surface area contributed by atoms with Crippen molar-refractivity contribution < 1.29 is 14.3 Å². The number of carbonyl (C=O) groups is 2. The van der Waals surface area contributed by atoms with Crippen LogP contribution in [0.3, 0.4) is 0 Å². The lowest BCUT2D eigenvalue weighted by Gasteiger charge is -2.31. The van der Waals surface area contributed by atoms with E-state index < -0.39 is 5.41 Å². The summed E-state index contributed by atoms with van der Waals surface area (Å²) < 4.78 is 5.49. The van der Waals surface area contributed by atoms with Gasteiger partial charge in [0, 0.05) is 6.42 Å². The van der Waals surface area contributed by atoms with Crippen LogP contribution < -0.4 is 0 Å². The van der Waals surface area contributed by atoms with Gasteiger partial charge < -0.3 is 4.74 Å². The van der Waals surface area contributed by atoms with E-state index >= 15 is 0 Å². The third-order valence-corrected chi connectivity index (χ3v) is 6.65. The number of hydrogen-bond acceptors (Lipinski definition) is 3. The highest BCUT2D eigenvalue weighted by atomic mass is 16.6. The van der Waals surface area contributed by atoms with Crippen molar-refractivity contribution in [2.75, 3.05) is 0 Å². The van der Waals surface area contributed by atoms with E-state index in [1.54, 1.807) is 0 Å². The summed E-state index contributed by atoms with van der Waals surface area (Å²) in [5, 5.41) is 0. The molecule has 1 unspecified atom stereocenters. The van der Waals surface area contributed by atoms with E-state index in [0.717, 1.165) is 64.2 Å². The maximum Gasteiger partial charge on any atom is 0.319 e. The number of ether oxygens (including phenoxy) is 1. The summed E-state index contributed by atoms with van der Waals surface area (Å²) in [7, 11) is 0. The molecule has 0 spiro atoms. The van der Waals surface area contributed by atoms with Crippen LogP contribution in [0.5, 0.6) is 0 Å². The SMILES string of the molecule is CCCCCCCCC(CCCC)(CCCCCC)C(=O)OC(=O)CCCCCCC. The summed E-state index contributed by atoms with van der Waals surface area (Å²) in [6, 6.07) is 0. The fourth-order valence-electron chi connectivity index (χ4n) is 4.47. The maximum atomic E-state index is 13.3. The fourth-order valence-corrected chi connectivity index (χ4v) is 4.47. The first-order valence-corrected chi connectivity index (χ1v) is 13.8. The molecule has 0 aliphatic rings. The summed E-state index contributed by atoms with van der Waals surface area (Å²) in [5.74, 6) is -0.525. The first-order valence-electron chi connectivity index (χ1n) is 13.8. The van der Waals surface area contributed by atoms with E-state index in [1.165, 1.54) is 64.2 Å². The maximum absolute atomic E-state index is 13.3. The van der Waals surface area contributed by atoms with Crippen LogP contribution in [0.15, 0.2) is 0 Å². The largest absolute Gasteiger partial charge is 0.393 e. The van der Waals surface area contributed by atoms with Crippen LogP contribution in [-0.2, 0) is 14.3 Å². The van der Waals surface area contributed by atoms with Gasteiger partial charge >= 0.3 is 11.9 Å². The molecule has 0 fully saturated rings. The second-order valence-electron chi connectivity index (χ2n) is 9.64. The molecule has 0 saturated carbocycles. The van der Waals surface area contributed by atoms with Crippen molar-refractivity contribution in [3.8, 4) is 0 Å². The van der Waals surface area contributed by atoms with Crippen molar-refractivity contribution >= 4 is 11.9 Å². The summed E-state index contributed by atoms with van der Waals surface area (Å²) in [4.78, 5) is 25.7. The van der Waals surface area contributed by atoms with Gasteiger partial charge in [-0.3, -0.25) is 9.59 Å². The number of rotatable bonds is 22. The van der Waals surface area contributed by atoms with Gasteiger partial charge in [0.1, 0.15) is 0 Å². The van der Waals surface area contributed by atoms with Crippen LogP contribution in [0.2, 0.25) is 0 Å². The van der Waals surface area contributed by atoms with E-state index in [2.05, 4.69) is 27.7 Å². The molecule has 0 rings (SSSR count). The van der Waals surface area contributed by atoms with Crippen LogP contribution in [0.25, 0.3) is 0 Å². The van der Waals surface area contributed by atoms with E-state index in [4.69, 9.17) is 4.74 Å². The summed E-state index contributed by atoms with van der Waals surface area (Å²) in [5.41, 5.74) is -0.452. The number of esters is 2. The first-order chi connectivity index (χ1) is 15.1. The van der Waals surface area contributed by atoms with Gasteiger partial charge in [-0.15, -0.1) is 0 Å². The molecule has 0 aromatic heterocycles. The monoisotopic (exact) mass is 438 g/mol. The standard InChI is InChI=1S/C28H54O3/c1-5-9-13-16-18-21-25-28(23-12-8-4,24-20-15-11-7-3)27(30)31-26(29)22-19-17-14-10-6-2/h5-25H2,1-4H3. The highest BCUT2D eigenvalue weighted by molar-refractivity contribution is 5.88. The van der Waals surface area contributed by atoms with Crippen molar-refractivity contribution in [1.29, 1.82) is 0 Å². The highest BCUT2D eigenvalue weighted by Gasteiger charge is 2.39. The molecule has 0 bridgehead atoms. The Balaban J connectivity index is 4.92. The lowest BCUT2D eigenvalue weighted by atomic mass is 9.74. The number of hydrogen-bond donors (Lipinski definition) is 0. The fraction of sp³-hybridized carbons (Fsp3) is 0.929. The Morgan fingerprint density at radius 1 is 0.516 bits per heavy atom. The molecule has 31 heavy (non-hydrogen) atoms. The highest BCUT2D eigenvalue weighted by Crippen LogP contribution is 2.39. The summed E-state index contributed by atoms with van der Waals surface area (Å²) in [6.45, 7) is 8.82. The third-order valence-electron chi connectivity index (χ3n) is 6.65. The molecule has 0 saturated heterocycles. The average Bonchev–Trinajstić information content (AvgIpc) is 2.76. The van der Waals surface area contributed by atoms with Gasteiger partial charge in [-0.1, -0.05) is 130 Å². The Bertz CT molecular complexity index is 432. The second kappa shape index (κ2) is 21.0. The molecule has 0 radical (unpaired) electrons. The molecule has 3 heteroatoms. The van der Waals surface area contributed by atoms with Gasteiger partial charge in [0.05, 0.1) is 5.41 Å². The average molecular weight is 439 g/mol. The minimum Gasteiger partial charge on any atom is -0.393 e. The van der Waals surface area contributed by atoms with Crippen molar-refractivity contribution in [3.05, 3.63) is 0 Å². The molecule has 0 heterocycles. The van der Waals surface area contributed by atoms with Crippen molar-refractivity contribution in [2.24, 2.45) is 5.41 Å². The Morgan fingerprint density at radius 3 is 1.42 bits per heavy atom. The molecule has 0 aromatic rings. The van der Waals surface area contributed by atoms with Crippen LogP contribution in [-0.4, -0.2) is 11.9 Å². The van der Waals surface area contributed by atoms with E-state index in [9.17, 15) is 9.59 Å². The first kappa shape index (κ1) is 30.1. The lowest BCUT2D eigenvalue weighted by Crippen LogP contribution is -2.35. The lowest BCUT2D eigenvalue weighted by molar-refractivity contribution is -0.169. The van der Waals surface area contributed by atoms with Gasteiger partial charge in [0.15, 0.2) is 0 Å². The van der Waals surface area contributed by atoms with E-state index in [-0.39, 0.29) is 11.9 Å². The molecular formula is C28H54O3. The molecular weight excluding hydrogens is 384 g/mol. The summed E-state index contributed by atoms with van der Waals surface area (Å²) >= 11 is 0. The molecule has 0 N–H and O–H groups in total. The normalized spacial score (nSPS) is 13.2. The van der Waals surface area contributed by atoms with Gasteiger partial charge in [0.2, 0.25) is 0 Å². The molecule has 1 atom stereocenters. The molecule has 184 valence electrons. The minimum atomic E-state index is -0.452. The molecule has 0 amide bonds. The van der Waals surface area contributed by atoms with Crippen LogP contribution in [0, 0.1) is 5.41 Å². The Hall–Kier alpha value is -0.860. The zero-order valence-electron chi connectivity index (χ0n) is 21.6. The predicted molar refractivity (Wildman–Crippen MR) is 133 cm³/mol. The Labute approximate surface area is 194 Å². The molecule has 0 aliphatic carbocycles. The smallest absolute Gasteiger partial charge is 0.319 e.